The fraction of sp³-hybridized carbons (Fsp3) is 0.571. The lowest BCUT2D eigenvalue weighted by molar-refractivity contribution is 0.160. The van der Waals surface area contributed by atoms with E-state index in [-0.39, 0.29) is 0 Å². The van der Waals surface area contributed by atoms with Crippen LogP contribution in [0.3, 0.4) is 0 Å². The molecule has 0 fully saturated rings. The molecule has 19 heavy (non-hydrogen) atoms. The Labute approximate surface area is 125 Å². The summed E-state index contributed by atoms with van der Waals surface area (Å²) in [4.78, 5) is 2.26. The lowest BCUT2D eigenvalue weighted by Crippen LogP contribution is -2.26. The number of nitrogens with one attached hydrogen (secondary N) is 1. The van der Waals surface area contributed by atoms with E-state index in [2.05, 4.69) is 17.3 Å². The number of hydrogen-bond acceptors (Lipinski definition) is 3. The zero-order valence-electron chi connectivity index (χ0n) is 11.6. The van der Waals surface area contributed by atoms with Crippen molar-refractivity contribution >= 4 is 23.2 Å². The molecule has 1 aromatic carbocycles. The summed E-state index contributed by atoms with van der Waals surface area (Å²) in [5, 5.41) is 4.81. The van der Waals surface area contributed by atoms with E-state index in [9.17, 15) is 0 Å². The highest BCUT2D eigenvalue weighted by Crippen LogP contribution is 2.23. The quantitative estimate of drug-likeness (QED) is 0.710. The number of ether oxygens (including phenoxy) is 1. The zero-order chi connectivity index (χ0) is 14.1. The van der Waals surface area contributed by atoms with Crippen molar-refractivity contribution in [2.45, 2.75) is 13.0 Å². The van der Waals surface area contributed by atoms with Gasteiger partial charge in [-0.1, -0.05) is 29.3 Å². The summed E-state index contributed by atoms with van der Waals surface area (Å²) in [6, 6.07) is 5.59. The van der Waals surface area contributed by atoms with Crippen molar-refractivity contribution < 1.29 is 4.74 Å². The number of hydrogen-bond donors (Lipinski definition) is 1. The van der Waals surface area contributed by atoms with Crippen LogP contribution in [0.1, 0.15) is 12.0 Å². The molecule has 5 heteroatoms. The second kappa shape index (κ2) is 9.56. The van der Waals surface area contributed by atoms with Gasteiger partial charge in [0.1, 0.15) is 0 Å². The van der Waals surface area contributed by atoms with Crippen molar-refractivity contribution in [1.29, 1.82) is 0 Å². The molecule has 0 radical (unpaired) electrons. The summed E-state index contributed by atoms with van der Waals surface area (Å²) < 4.78 is 5.04. The van der Waals surface area contributed by atoms with Crippen LogP contribution >= 0.6 is 23.2 Å². The topological polar surface area (TPSA) is 24.5 Å². The second-order valence-corrected chi connectivity index (χ2v) is 5.34. The molecular weight excluding hydrogens is 283 g/mol. The van der Waals surface area contributed by atoms with Gasteiger partial charge in [0.05, 0.1) is 6.61 Å². The van der Waals surface area contributed by atoms with Crippen LogP contribution in [0.5, 0.6) is 0 Å². The van der Waals surface area contributed by atoms with Gasteiger partial charge >= 0.3 is 0 Å². The molecular formula is C14H22Cl2N2O. The largest absolute Gasteiger partial charge is 0.383 e. The van der Waals surface area contributed by atoms with Crippen molar-refractivity contribution in [2.75, 3.05) is 40.4 Å². The summed E-state index contributed by atoms with van der Waals surface area (Å²) in [5.74, 6) is 0. The molecule has 108 valence electrons. The van der Waals surface area contributed by atoms with Crippen molar-refractivity contribution in [3.8, 4) is 0 Å². The summed E-state index contributed by atoms with van der Waals surface area (Å²) in [6.45, 7) is 4.44. The predicted octanol–water partition coefficient (Wildman–Crippen LogP) is 3.05. The van der Waals surface area contributed by atoms with Crippen LogP contribution in [0.2, 0.25) is 10.0 Å². The van der Waals surface area contributed by atoms with E-state index in [0.29, 0.717) is 6.54 Å². The van der Waals surface area contributed by atoms with Crippen molar-refractivity contribution in [3.05, 3.63) is 33.8 Å². The Kier molecular flexibility index (Phi) is 8.42. The fourth-order valence-electron chi connectivity index (χ4n) is 1.75. The number of benzene rings is 1. The third-order valence-corrected chi connectivity index (χ3v) is 3.64. The van der Waals surface area contributed by atoms with E-state index in [4.69, 9.17) is 27.9 Å². The fourth-order valence-corrected chi connectivity index (χ4v) is 2.28. The first-order valence-electron chi connectivity index (χ1n) is 6.46. The Morgan fingerprint density at radius 1 is 1.21 bits per heavy atom. The minimum atomic E-state index is 0.709. The molecule has 0 aliphatic heterocycles. The molecule has 0 unspecified atom stereocenters. The van der Waals surface area contributed by atoms with E-state index in [0.717, 1.165) is 48.3 Å². The summed E-state index contributed by atoms with van der Waals surface area (Å²) in [7, 11) is 3.83. The molecule has 1 rings (SSSR count). The van der Waals surface area contributed by atoms with E-state index < -0.39 is 0 Å². The van der Waals surface area contributed by atoms with Gasteiger partial charge in [0, 0.05) is 35.8 Å². The van der Waals surface area contributed by atoms with Crippen molar-refractivity contribution in [1.82, 2.24) is 10.2 Å². The summed E-state index contributed by atoms with van der Waals surface area (Å²) in [6.07, 6.45) is 1.09. The van der Waals surface area contributed by atoms with Gasteiger partial charge < -0.3 is 15.0 Å². The van der Waals surface area contributed by atoms with E-state index in [1.807, 2.05) is 18.2 Å². The lowest BCUT2D eigenvalue weighted by Gasteiger charge is -2.16. The molecule has 1 aromatic rings. The first-order chi connectivity index (χ1) is 9.15. The smallest absolute Gasteiger partial charge is 0.0589 e. The van der Waals surface area contributed by atoms with Gasteiger partial charge in [-0.25, -0.2) is 0 Å². The Bertz CT molecular complexity index is 354. The van der Waals surface area contributed by atoms with Crippen LogP contribution in [0.15, 0.2) is 18.2 Å². The maximum Gasteiger partial charge on any atom is 0.0589 e. The van der Waals surface area contributed by atoms with Crippen LogP contribution in [0.4, 0.5) is 0 Å². The van der Waals surface area contributed by atoms with Gasteiger partial charge in [0.25, 0.3) is 0 Å². The maximum atomic E-state index is 6.10. The zero-order valence-corrected chi connectivity index (χ0v) is 13.1. The monoisotopic (exact) mass is 304 g/mol. The molecule has 0 amide bonds. The summed E-state index contributed by atoms with van der Waals surface area (Å²) in [5.41, 5.74) is 0.971. The highest BCUT2D eigenvalue weighted by molar-refractivity contribution is 6.35. The molecule has 0 aliphatic carbocycles. The normalized spacial score (nSPS) is 11.2. The van der Waals surface area contributed by atoms with Crippen LogP contribution < -0.4 is 5.32 Å². The molecule has 3 nitrogen and oxygen atoms in total. The van der Waals surface area contributed by atoms with Gasteiger partial charge in [0.15, 0.2) is 0 Å². The third-order valence-electron chi connectivity index (χ3n) is 2.93. The first-order valence-corrected chi connectivity index (χ1v) is 7.22. The van der Waals surface area contributed by atoms with E-state index in [1.165, 1.54) is 0 Å². The van der Waals surface area contributed by atoms with Gasteiger partial charge in [-0.05, 0) is 38.7 Å². The Balaban J connectivity index is 2.17. The highest BCUT2D eigenvalue weighted by atomic mass is 35.5. The lowest BCUT2D eigenvalue weighted by atomic mass is 10.2. The Hall–Kier alpha value is -0.320. The van der Waals surface area contributed by atoms with E-state index >= 15 is 0 Å². The number of likely N-dealkylation sites (N-methyl/N-ethyl adjacent to an activating group) is 1. The first kappa shape index (κ1) is 16.7. The molecule has 1 N–H and O–H groups in total. The average Bonchev–Trinajstić information content (AvgIpc) is 2.39. The second-order valence-electron chi connectivity index (χ2n) is 4.53. The number of nitrogens with zero attached hydrogens (tertiary/aromatic N) is 1. The Morgan fingerprint density at radius 2 is 1.89 bits per heavy atom. The molecule has 0 aliphatic rings. The minimum Gasteiger partial charge on any atom is -0.383 e. The molecule has 0 saturated carbocycles. The van der Waals surface area contributed by atoms with Crippen molar-refractivity contribution in [2.24, 2.45) is 0 Å². The maximum absolute atomic E-state index is 6.10. The highest BCUT2D eigenvalue weighted by Gasteiger charge is 2.04. The molecule has 0 bridgehead atoms. The standard InChI is InChI=1S/C14H22Cl2N2O/c1-18(9-10-19-2)8-4-7-17-11-12-13(15)5-3-6-14(12)16/h3,5-6,17H,4,7-11H2,1-2H3. The van der Waals surface area contributed by atoms with Crippen LogP contribution in [-0.2, 0) is 11.3 Å². The number of rotatable bonds is 9. The minimum absolute atomic E-state index is 0.709. The Morgan fingerprint density at radius 3 is 2.53 bits per heavy atom. The number of halogens is 2. The van der Waals surface area contributed by atoms with Crippen LogP contribution in [0, 0.1) is 0 Å². The molecule has 0 heterocycles. The van der Waals surface area contributed by atoms with Crippen LogP contribution in [-0.4, -0.2) is 45.3 Å². The average molecular weight is 305 g/mol. The SMILES string of the molecule is COCCN(C)CCCNCc1c(Cl)cccc1Cl. The van der Waals surface area contributed by atoms with Gasteiger partial charge in [-0.3, -0.25) is 0 Å². The number of methoxy groups -OCH3 is 1. The molecule has 0 spiro atoms. The predicted molar refractivity (Wildman–Crippen MR) is 82.2 cm³/mol. The van der Waals surface area contributed by atoms with Gasteiger partial charge in [0.2, 0.25) is 0 Å². The van der Waals surface area contributed by atoms with Gasteiger partial charge in [-0.15, -0.1) is 0 Å². The molecule has 0 saturated heterocycles. The van der Waals surface area contributed by atoms with Crippen LogP contribution in [0.25, 0.3) is 0 Å². The molecule has 0 atom stereocenters. The molecule has 0 aromatic heterocycles. The van der Waals surface area contributed by atoms with Crippen molar-refractivity contribution in [3.63, 3.8) is 0 Å². The van der Waals surface area contributed by atoms with E-state index in [1.54, 1.807) is 7.11 Å². The summed E-state index contributed by atoms with van der Waals surface area (Å²) >= 11 is 12.2. The third kappa shape index (κ3) is 6.59. The van der Waals surface area contributed by atoms with Gasteiger partial charge in [-0.2, -0.15) is 0 Å².